The Morgan fingerprint density at radius 2 is 2.12 bits per heavy atom. The molecule has 1 N–H and O–H groups in total. The van der Waals surface area contributed by atoms with Crippen LogP contribution >= 0.6 is 11.8 Å². The second-order valence-electron chi connectivity index (χ2n) is 5.34. The third-order valence-corrected chi connectivity index (χ3v) is 4.55. The van der Waals surface area contributed by atoms with Crippen LogP contribution < -0.4 is 10.1 Å². The summed E-state index contributed by atoms with van der Waals surface area (Å²) in [6.07, 6.45) is 4.97. The number of carbonyl (C=O) groups is 2. The highest BCUT2D eigenvalue weighted by atomic mass is 32.2. The zero-order chi connectivity index (χ0) is 17.4. The normalized spacial score (nSPS) is 15.8. The number of nitrogens with one attached hydrogen (secondary N) is 1. The van der Waals surface area contributed by atoms with Crippen molar-refractivity contribution in [2.24, 2.45) is 0 Å². The Bertz CT molecular complexity index is 1040. The largest absolute Gasteiger partial charge is 0.497 e. The number of benzene rings is 1. The molecule has 1 aliphatic heterocycles. The Morgan fingerprint density at radius 1 is 1.24 bits per heavy atom. The van der Waals surface area contributed by atoms with Crippen LogP contribution in [-0.4, -0.2) is 23.2 Å². The van der Waals surface area contributed by atoms with Gasteiger partial charge in [-0.15, -0.1) is 0 Å². The molecule has 0 radical (unpaired) electrons. The molecule has 0 spiro atoms. The van der Waals surface area contributed by atoms with E-state index in [0.29, 0.717) is 16.2 Å². The van der Waals surface area contributed by atoms with E-state index < -0.39 is 5.91 Å². The average Bonchev–Trinajstić information content (AvgIpc) is 3.17. The van der Waals surface area contributed by atoms with Crippen LogP contribution in [0.3, 0.4) is 0 Å². The third kappa shape index (κ3) is 2.89. The van der Waals surface area contributed by atoms with Crippen molar-refractivity contribution >= 4 is 40.0 Å². The van der Waals surface area contributed by atoms with Crippen molar-refractivity contribution in [2.75, 3.05) is 7.11 Å². The number of carbonyl (C=O) groups excluding carboxylic acids is 2. The SMILES string of the molecule is COc1cccc(-c2cncc3cc(C=C4SC(=O)NC4=O)oc23)c1. The van der Waals surface area contributed by atoms with Crippen LogP contribution in [0, 0.1) is 0 Å². The zero-order valence-electron chi connectivity index (χ0n) is 13.1. The van der Waals surface area contributed by atoms with Crippen molar-refractivity contribution in [3.05, 3.63) is 53.4 Å². The Morgan fingerprint density at radius 3 is 2.88 bits per heavy atom. The standard InChI is InChI=1S/C18H12N2O4S/c1-23-12-4-2-3-10(5-12)14-9-19-8-11-6-13(24-16(11)14)7-15-17(21)20-18(22)25-15/h2-9H,1H3,(H,20,21,22). The number of fused-ring (bicyclic) bond motifs is 1. The number of hydrogen-bond acceptors (Lipinski definition) is 6. The highest BCUT2D eigenvalue weighted by Gasteiger charge is 2.25. The lowest BCUT2D eigenvalue weighted by Gasteiger charge is -2.04. The lowest BCUT2D eigenvalue weighted by atomic mass is 10.1. The summed E-state index contributed by atoms with van der Waals surface area (Å²) in [6, 6.07) is 9.39. The summed E-state index contributed by atoms with van der Waals surface area (Å²) in [6.45, 7) is 0. The zero-order valence-corrected chi connectivity index (χ0v) is 13.9. The predicted molar refractivity (Wildman–Crippen MR) is 95.1 cm³/mol. The lowest BCUT2D eigenvalue weighted by Crippen LogP contribution is -2.17. The number of amides is 2. The van der Waals surface area contributed by atoms with Gasteiger partial charge in [-0.3, -0.25) is 19.9 Å². The van der Waals surface area contributed by atoms with Gasteiger partial charge in [0.2, 0.25) is 0 Å². The number of aromatic nitrogens is 1. The molecule has 0 unspecified atom stereocenters. The smallest absolute Gasteiger partial charge is 0.290 e. The van der Waals surface area contributed by atoms with Crippen LogP contribution in [0.15, 0.2) is 52.0 Å². The van der Waals surface area contributed by atoms with E-state index in [0.717, 1.165) is 34.0 Å². The van der Waals surface area contributed by atoms with Crippen LogP contribution in [0.25, 0.3) is 28.2 Å². The molecule has 7 heteroatoms. The van der Waals surface area contributed by atoms with Crippen molar-refractivity contribution < 1.29 is 18.7 Å². The maximum atomic E-state index is 11.7. The topological polar surface area (TPSA) is 81.4 Å². The fourth-order valence-corrected chi connectivity index (χ4v) is 3.26. The van der Waals surface area contributed by atoms with E-state index in [4.69, 9.17) is 9.15 Å². The number of imide groups is 1. The molecule has 2 aromatic heterocycles. The predicted octanol–water partition coefficient (Wildman–Crippen LogP) is 3.83. The fraction of sp³-hybridized carbons (Fsp3) is 0.0556. The van der Waals surface area contributed by atoms with Gasteiger partial charge in [0.25, 0.3) is 11.1 Å². The molecule has 0 aliphatic carbocycles. The van der Waals surface area contributed by atoms with E-state index in [9.17, 15) is 9.59 Å². The number of hydrogen-bond donors (Lipinski definition) is 1. The van der Waals surface area contributed by atoms with E-state index in [-0.39, 0.29) is 5.24 Å². The first-order valence-electron chi connectivity index (χ1n) is 7.41. The minimum Gasteiger partial charge on any atom is -0.497 e. The first-order valence-corrected chi connectivity index (χ1v) is 8.22. The molecule has 6 nitrogen and oxygen atoms in total. The summed E-state index contributed by atoms with van der Waals surface area (Å²) in [5, 5.41) is 2.64. The summed E-state index contributed by atoms with van der Waals surface area (Å²) in [5.41, 5.74) is 2.39. The van der Waals surface area contributed by atoms with Crippen molar-refractivity contribution in [3.63, 3.8) is 0 Å². The first-order chi connectivity index (χ1) is 12.1. The molecule has 0 saturated carbocycles. The van der Waals surface area contributed by atoms with Crippen LogP contribution in [-0.2, 0) is 4.79 Å². The van der Waals surface area contributed by atoms with E-state index in [2.05, 4.69) is 10.3 Å². The molecule has 3 heterocycles. The first kappa shape index (κ1) is 15.5. The molecule has 1 aliphatic rings. The second-order valence-corrected chi connectivity index (χ2v) is 6.35. The molecule has 1 fully saturated rings. The van der Waals surface area contributed by atoms with Gasteiger partial charge in [-0.05, 0) is 35.5 Å². The summed E-state index contributed by atoms with van der Waals surface area (Å²) in [7, 11) is 1.61. The van der Waals surface area contributed by atoms with Gasteiger partial charge in [0, 0.05) is 29.4 Å². The monoisotopic (exact) mass is 352 g/mol. The van der Waals surface area contributed by atoms with Gasteiger partial charge >= 0.3 is 0 Å². The number of pyridine rings is 1. The molecule has 25 heavy (non-hydrogen) atoms. The molecule has 2 amide bonds. The van der Waals surface area contributed by atoms with E-state index in [1.165, 1.54) is 0 Å². The number of methoxy groups -OCH3 is 1. The molecule has 3 aromatic rings. The highest BCUT2D eigenvalue weighted by Crippen LogP contribution is 2.33. The van der Waals surface area contributed by atoms with E-state index in [1.54, 1.807) is 31.6 Å². The molecule has 1 saturated heterocycles. The Labute approximate surface area is 146 Å². The van der Waals surface area contributed by atoms with Gasteiger partial charge in [0.05, 0.1) is 12.0 Å². The van der Waals surface area contributed by atoms with Gasteiger partial charge < -0.3 is 9.15 Å². The average molecular weight is 352 g/mol. The summed E-state index contributed by atoms with van der Waals surface area (Å²) < 4.78 is 11.2. The number of thioether (sulfide) groups is 1. The molecular formula is C18H12N2O4S. The maximum absolute atomic E-state index is 11.7. The van der Waals surface area contributed by atoms with Gasteiger partial charge in [0.1, 0.15) is 17.1 Å². The number of ether oxygens (including phenoxy) is 1. The molecule has 124 valence electrons. The highest BCUT2D eigenvalue weighted by molar-refractivity contribution is 8.18. The van der Waals surface area contributed by atoms with Gasteiger partial charge in [0.15, 0.2) is 0 Å². The van der Waals surface area contributed by atoms with Crippen LogP contribution in [0.1, 0.15) is 5.76 Å². The lowest BCUT2D eigenvalue weighted by molar-refractivity contribution is -0.115. The molecule has 0 bridgehead atoms. The Kier molecular flexibility index (Phi) is 3.77. The Hall–Kier alpha value is -3.06. The minimum atomic E-state index is -0.415. The fourth-order valence-electron chi connectivity index (χ4n) is 2.60. The molecule has 1 aromatic carbocycles. The van der Waals surface area contributed by atoms with Crippen LogP contribution in [0.4, 0.5) is 4.79 Å². The van der Waals surface area contributed by atoms with Gasteiger partial charge in [-0.2, -0.15) is 0 Å². The van der Waals surface area contributed by atoms with Gasteiger partial charge in [-0.25, -0.2) is 0 Å². The molecular weight excluding hydrogens is 340 g/mol. The molecule has 4 rings (SSSR count). The molecule has 0 atom stereocenters. The van der Waals surface area contributed by atoms with Crippen molar-refractivity contribution in [1.29, 1.82) is 0 Å². The number of rotatable bonds is 3. The van der Waals surface area contributed by atoms with Crippen molar-refractivity contribution in [1.82, 2.24) is 10.3 Å². The second kappa shape index (κ2) is 6.10. The summed E-state index contributed by atoms with van der Waals surface area (Å²) >= 11 is 0.853. The van der Waals surface area contributed by atoms with Crippen molar-refractivity contribution in [2.45, 2.75) is 0 Å². The van der Waals surface area contributed by atoms with Crippen LogP contribution in [0.5, 0.6) is 5.75 Å². The number of nitrogens with zero attached hydrogens (tertiary/aromatic N) is 1. The quantitative estimate of drug-likeness (QED) is 0.722. The number of furan rings is 1. The summed E-state index contributed by atoms with van der Waals surface area (Å²) in [5.74, 6) is 0.807. The van der Waals surface area contributed by atoms with Crippen LogP contribution in [0.2, 0.25) is 0 Å². The van der Waals surface area contributed by atoms with Gasteiger partial charge in [-0.1, -0.05) is 12.1 Å². The third-order valence-electron chi connectivity index (χ3n) is 3.74. The van der Waals surface area contributed by atoms with E-state index in [1.807, 2.05) is 24.3 Å². The van der Waals surface area contributed by atoms with E-state index >= 15 is 0 Å². The summed E-state index contributed by atoms with van der Waals surface area (Å²) in [4.78, 5) is 27.5. The minimum absolute atomic E-state index is 0.306. The Balaban J connectivity index is 1.80. The van der Waals surface area contributed by atoms with Crippen molar-refractivity contribution in [3.8, 4) is 16.9 Å². The maximum Gasteiger partial charge on any atom is 0.290 e.